The third kappa shape index (κ3) is 4.10. The predicted octanol–water partition coefficient (Wildman–Crippen LogP) is 4.69. The Morgan fingerprint density at radius 1 is 1.13 bits per heavy atom. The van der Waals surface area contributed by atoms with Crippen LogP contribution in [0.2, 0.25) is 0 Å². The average Bonchev–Trinajstić information content (AvgIpc) is 3.37. The average molecular weight is 422 g/mol. The monoisotopic (exact) mass is 421 g/mol. The van der Waals surface area contributed by atoms with Crippen molar-refractivity contribution >= 4 is 33.2 Å². The molecule has 1 atom stereocenters. The number of hydrogen-bond donors (Lipinski definition) is 2. The normalized spacial score (nSPS) is 16.1. The number of nitrogens with one attached hydrogen (secondary N) is 2. The molecule has 8 heteroatoms. The van der Waals surface area contributed by atoms with E-state index in [1.807, 2.05) is 25.1 Å². The summed E-state index contributed by atoms with van der Waals surface area (Å²) in [6, 6.07) is 12.1. The van der Waals surface area contributed by atoms with Gasteiger partial charge < -0.3 is 15.4 Å². The first-order valence-electron chi connectivity index (χ1n) is 9.78. The molecule has 3 aromatic heterocycles. The van der Waals surface area contributed by atoms with Crippen molar-refractivity contribution in [2.75, 3.05) is 18.4 Å². The Morgan fingerprint density at radius 3 is 2.80 bits per heavy atom. The molecular weight excluding hydrogens is 401 g/mol. The summed E-state index contributed by atoms with van der Waals surface area (Å²) in [5.74, 6) is 1.69. The predicted molar refractivity (Wildman–Crippen MR) is 117 cm³/mol. The van der Waals surface area contributed by atoms with Gasteiger partial charge in [0.2, 0.25) is 5.88 Å². The SMILES string of the molecule is Cc1cc(Nc2cc3nc(-c4ccc(F)cc4)sc3cn2)nc(O[C@H]2CCNC2)c1. The molecule has 5 rings (SSSR count). The van der Waals surface area contributed by atoms with Crippen LogP contribution in [0.15, 0.2) is 48.7 Å². The molecule has 1 aliphatic rings. The van der Waals surface area contributed by atoms with Crippen LogP contribution in [0.3, 0.4) is 0 Å². The maximum absolute atomic E-state index is 13.2. The standard InChI is InChI=1S/C22H20FN5OS/c1-13-8-20(28-21(9-13)29-16-6-7-24-11-16)27-19-10-17-18(12-25-19)30-22(26-17)14-2-4-15(23)5-3-14/h2-5,8-10,12,16,24H,6-7,11H2,1H3,(H,25,27,28)/t16-/m0/s1. The van der Waals surface area contributed by atoms with E-state index in [0.717, 1.165) is 45.9 Å². The van der Waals surface area contributed by atoms with Crippen LogP contribution >= 0.6 is 11.3 Å². The van der Waals surface area contributed by atoms with Crippen LogP contribution in [-0.4, -0.2) is 34.1 Å². The lowest BCUT2D eigenvalue weighted by molar-refractivity contribution is 0.214. The van der Waals surface area contributed by atoms with E-state index in [-0.39, 0.29) is 11.9 Å². The Bertz CT molecular complexity index is 1190. The summed E-state index contributed by atoms with van der Waals surface area (Å²) in [5.41, 5.74) is 2.77. The van der Waals surface area contributed by atoms with Crippen molar-refractivity contribution in [3.63, 3.8) is 0 Å². The van der Waals surface area contributed by atoms with Gasteiger partial charge in [0.05, 0.1) is 10.2 Å². The van der Waals surface area contributed by atoms with E-state index in [0.29, 0.717) is 17.5 Å². The highest BCUT2D eigenvalue weighted by molar-refractivity contribution is 7.21. The van der Waals surface area contributed by atoms with Crippen LogP contribution in [0.1, 0.15) is 12.0 Å². The van der Waals surface area contributed by atoms with Gasteiger partial charge in [-0.3, -0.25) is 0 Å². The fourth-order valence-corrected chi connectivity index (χ4v) is 4.33. The molecule has 0 amide bonds. The fraction of sp³-hybridized carbons (Fsp3) is 0.227. The summed E-state index contributed by atoms with van der Waals surface area (Å²) in [5, 5.41) is 7.38. The first-order valence-corrected chi connectivity index (χ1v) is 10.6. The smallest absolute Gasteiger partial charge is 0.215 e. The Hall–Kier alpha value is -3.10. The molecule has 2 N–H and O–H groups in total. The van der Waals surface area contributed by atoms with Gasteiger partial charge in [-0.15, -0.1) is 11.3 Å². The topological polar surface area (TPSA) is 72.0 Å². The van der Waals surface area contributed by atoms with E-state index in [9.17, 15) is 4.39 Å². The molecule has 30 heavy (non-hydrogen) atoms. The van der Waals surface area contributed by atoms with Crippen LogP contribution in [0, 0.1) is 12.7 Å². The molecule has 0 radical (unpaired) electrons. The maximum atomic E-state index is 13.2. The highest BCUT2D eigenvalue weighted by Gasteiger charge is 2.17. The van der Waals surface area contributed by atoms with Gasteiger partial charge in [0.1, 0.15) is 28.6 Å². The van der Waals surface area contributed by atoms with Crippen molar-refractivity contribution in [1.82, 2.24) is 20.3 Å². The number of aryl methyl sites for hydroxylation is 1. The van der Waals surface area contributed by atoms with Gasteiger partial charge in [-0.2, -0.15) is 4.98 Å². The molecule has 0 bridgehead atoms. The van der Waals surface area contributed by atoms with Gasteiger partial charge in [0.15, 0.2) is 0 Å². The minimum absolute atomic E-state index is 0.154. The van der Waals surface area contributed by atoms with Crippen LogP contribution in [0.25, 0.3) is 20.8 Å². The molecule has 0 aliphatic carbocycles. The maximum Gasteiger partial charge on any atom is 0.215 e. The van der Waals surface area contributed by atoms with E-state index >= 15 is 0 Å². The van der Waals surface area contributed by atoms with Crippen LogP contribution in [-0.2, 0) is 0 Å². The van der Waals surface area contributed by atoms with E-state index < -0.39 is 0 Å². The quantitative estimate of drug-likeness (QED) is 0.487. The number of aromatic nitrogens is 3. The van der Waals surface area contributed by atoms with Crippen molar-refractivity contribution in [2.24, 2.45) is 0 Å². The lowest BCUT2D eigenvalue weighted by Gasteiger charge is -2.13. The molecule has 0 saturated carbocycles. The van der Waals surface area contributed by atoms with Crippen molar-refractivity contribution in [1.29, 1.82) is 0 Å². The zero-order valence-electron chi connectivity index (χ0n) is 16.4. The van der Waals surface area contributed by atoms with Crippen LogP contribution < -0.4 is 15.4 Å². The van der Waals surface area contributed by atoms with Crippen molar-refractivity contribution in [3.8, 4) is 16.5 Å². The Labute approximate surface area is 177 Å². The number of rotatable bonds is 5. The molecule has 0 spiro atoms. The summed E-state index contributed by atoms with van der Waals surface area (Å²) in [7, 11) is 0. The number of thiazole rings is 1. The second-order valence-electron chi connectivity index (χ2n) is 7.29. The molecule has 0 unspecified atom stereocenters. The van der Waals surface area contributed by atoms with E-state index in [1.165, 1.54) is 23.5 Å². The molecule has 1 fully saturated rings. The highest BCUT2D eigenvalue weighted by Crippen LogP contribution is 2.31. The molecule has 1 aromatic carbocycles. The second-order valence-corrected chi connectivity index (χ2v) is 8.32. The Morgan fingerprint density at radius 2 is 2.00 bits per heavy atom. The number of pyridine rings is 2. The number of fused-ring (bicyclic) bond motifs is 1. The minimum Gasteiger partial charge on any atom is -0.473 e. The fourth-order valence-electron chi connectivity index (χ4n) is 3.41. The van der Waals surface area contributed by atoms with E-state index in [1.54, 1.807) is 18.3 Å². The summed E-state index contributed by atoms with van der Waals surface area (Å²) in [4.78, 5) is 13.8. The highest BCUT2D eigenvalue weighted by atomic mass is 32.1. The molecule has 1 aliphatic heterocycles. The van der Waals surface area contributed by atoms with Crippen molar-refractivity contribution < 1.29 is 9.13 Å². The van der Waals surface area contributed by atoms with Gasteiger partial charge in [-0.1, -0.05) is 0 Å². The van der Waals surface area contributed by atoms with Gasteiger partial charge in [0.25, 0.3) is 0 Å². The summed E-state index contributed by atoms with van der Waals surface area (Å²) in [6.07, 6.45) is 2.93. The van der Waals surface area contributed by atoms with Gasteiger partial charge in [-0.25, -0.2) is 14.4 Å². The Kier molecular flexibility index (Phi) is 5.02. The largest absolute Gasteiger partial charge is 0.473 e. The van der Waals surface area contributed by atoms with Gasteiger partial charge in [-0.05, 0) is 55.8 Å². The van der Waals surface area contributed by atoms with E-state index in [2.05, 4.69) is 25.6 Å². The lowest BCUT2D eigenvalue weighted by atomic mass is 10.2. The zero-order valence-corrected chi connectivity index (χ0v) is 17.2. The van der Waals surface area contributed by atoms with Gasteiger partial charge >= 0.3 is 0 Å². The Balaban J connectivity index is 1.38. The number of nitrogens with zero attached hydrogens (tertiary/aromatic N) is 3. The summed E-state index contributed by atoms with van der Waals surface area (Å²) in [6.45, 7) is 3.83. The molecular formula is C22H20FN5OS. The lowest BCUT2D eigenvalue weighted by Crippen LogP contribution is -2.20. The first kappa shape index (κ1) is 18.9. The number of hydrogen-bond acceptors (Lipinski definition) is 7. The molecule has 4 heterocycles. The minimum atomic E-state index is -0.258. The van der Waals surface area contributed by atoms with E-state index in [4.69, 9.17) is 4.74 Å². The number of anilines is 2. The van der Waals surface area contributed by atoms with Crippen LogP contribution in [0.5, 0.6) is 5.88 Å². The summed E-state index contributed by atoms with van der Waals surface area (Å²) < 4.78 is 20.1. The third-order valence-corrected chi connectivity index (χ3v) is 5.93. The number of benzene rings is 1. The second kappa shape index (κ2) is 7.97. The first-order chi connectivity index (χ1) is 14.6. The molecule has 4 aromatic rings. The third-order valence-electron chi connectivity index (χ3n) is 4.87. The number of ether oxygens (including phenoxy) is 1. The summed E-state index contributed by atoms with van der Waals surface area (Å²) >= 11 is 1.53. The molecule has 152 valence electrons. The molecule has 6 nitrogen and oxygen atoms in total. The van der Waals surface area contributed by atoms with Crippen LogP contribution in [0.4, 0.5) is 16.0 Å². The van der Waals surface area contributed by atoms with Crippen molar-refractivity contribution in [2.45, 2.75) is 19.4 Å². The number of halogens is 1. The van der Waals surface area contributed by atoms with Gasteiger partial charge in [0, 0.05) is 30.4 Å². The zero-order chi connectivity index (χ0) is 20.5. The molecule has 1 saturated heterocycles. The van der Waals surface area contributed by atoms with Crippen molar-refractivity contribution in [3.05, 3.63) is 60.0 Å².